The third-order valence-electron chi connectivity index (χ3n) is 9.33. The fraction of sp³-hybridized carbons (Fsp3) is 0.543. The second kappa shape index (κ2) is 13.7. The van der Waals surface area contributed by atoms with Gasteiger partial charge in [-0.05, 0) is 69.5 Å². The third-order valence-corrected chi connectivity index (χ3v) is 10.0. The first-order valence-corrected chi connectivity index (χ1v) is 17.7. The van der Waals surface area contributed by atoms with Crippen molar-refractivity contribution in [3.8, 4) is 17.1 Å². The molecule has 3 aromatic rings. The molecule has 5 atom stereocenters. The van der Waals surface area contributed by atoms with Gasteiger partial charge in [-0.2, -0.15) is 11.3 Å². The lowest BCUT2D eigenvalue weighted by atomic mass is 10.0. The number of ether oxygens (including phenoxy) is 2. The summed E-state index contributed by atoms with van der Waals surface area (Å²) in [5.41, 5.74) is 0.598. The number of aromatic nitrogens is 2. The summed E-state index contributed by atoms with van der Waals surface area (Å²) in [6.07, 6.45) is 4.42. The van der Waals surface area contributed by atoms with E-state index in [1.807, 2.05) is 41.1 Å². The zero-order valence-corrected chi connectivity index (χ0v) is 28.4. The molecule has 4 heterocycles. The van der Waals surface area contributed by atoms with Crippen LogP contribution in [-0.2, 0) is 19.1 Å². The second-order valence-corrected chi connectivity index (χ2v) is 14.9. The van der Waals surface area contributed by atoms with Crippen LogP contribution in [0.3, 0.4) is 0 Å². The molecule has 0 radical (unpaired) electrons. The van der Waals surface area contributed by atoms with E-state index in [0.29, 0.717) is 42.4 Å². The molecule has 1 saturated carbocycles. The molecule has 1 aliphatic carbocycles. The molecule has 2 saturated heterocycles. The van der Waals surface area contributed by atoms with Crippen LogP contribution in [0.2, 0.25) is 0 Å². The largest absolute Gasteiger partial charge is 0.479 e. The summed E-state index contributed by atoms with van der Waals surface area (Å²) in [6.45, 7) is 5.27. The van der Waals surface area contributed by atoms with Crippen LogP contribution in [0.4, 0.5) is 4.79 Å². The number of hydrogen-bond donors (Lipinski definition) is 3. The van der Waals surface area contributed by atoms with Gasteiger partial charge in [-0.15, -0.1) is 0 Å². The fourth-order valence-corrected chi connectivity index (χ4v) is 7.45. The van der Waals surface area contributed by atoms with E-state index < -0.39 is 53.2 Å². The molecule has 0 bridgehead atoms. The van der Waals surface area contributed by atoms with E-state index >= 15 is 0 Å². The lowest BCUT2D eigenvalue weighted by Crippen LogP contribution is -2.56. The van der Waals surface area contributed by atoms with Crippen molar-refractivity contribution in [1.29, 1.82) is 0 Å². The van der Waals surface area contributed by atoms with Gasteiger partial charge in [-0.25, -0.2) is 19.6 Å². The Kier molecular flexibility index (Phi) is 9.60. The summed E-state index contributed by atoms with van der Waals surface area (Å²) in [6, 6.07) is 7.43. The van der Waals surface area contributed by atoms with Crippen LogP contribution in [0.25, 0.3) is 22.3 Å². The van der Waals surface area contributed by atoms with E-state index in [1.165, 1.54) is 16.2 Å². The number of benzene rings is 1. The van der Waals surface area contributed by atoms with Crippen molar-refractivity contribution in [1.82, 2.24) is 25.5 Å². The molecule has 256 valence electrons. The molecular formula is C35H43N5O7S. The highest BCUT2D eigenvalue weighted by Crippen LogP contribution is 2.47. The third kappa shape index (κ3) is 7.40. The maximum atomic E-state index is 14.3. The minimum atomic E-state index is -1.35. The maximum absolute atomic E-state index is 14.3. The first-order chi connectivity index (χ1) is 22.9. The van der Waals surface area contributed by atoms with Gasteiger partial charge in [0.1, 0.15) is 35.0 Å². The van der Waals surface area contributed by atoms with Crippen molar-refractivity contribution in [3.05, 3.63) is 41.1 Å². The van der Waals surface area contributed by atoms with Crippen molar-refractivity contribution >= 4 is 46.2 Å². The number of aliphatic carboxylic acids is 1. The summed E-state index contributed by atoms with van der Waals surface area (Å²) in [5.74, 6) is -1.94. The van der Waals surface area contributed by atoms with Crippen LogP contribution in [0, 0.1) is 5.92 Å². The van der Waals surface area contributed by atoms with Gasteiger partial charge in [0.05, 0.1) is 17.6 Å². The first kappa shape index (κ1) is 33.6. The zero-order valence-electron chi connectivity index (χ0n) is 27.6. The number of fused-ring (bicyclic) bond motifs is 3. The Morgan fingerprint density at radius 3 is 2.44 bits per heavy atom. The normalized spacial score (nSPS) is 26.8. The molecule has 2 unspecified atom stereocenters. The Balaban J connectivity index is 1.32. The summed E-state index contributed by atoms with van der Waals surface area (Å²) in [5, 5.41) is 19.7. The van der Waals surface area contributed by atoms with Crippen LogP contribution >= 0.6 is 11.3 Å². The number of hydrogen-bond acceptors (Lipinski definition) is 9. The monoisotopic (exact) mass is 677 g/mol. The smallest absolute Gasteiger partial charge is 0.408 e. The average Bonchev–Trinajstić information content (AvgIpc) is 3.34. The minimum Gasteiger partial charge on any atom is -0.479 e. The van der Waals surface area contributed by atoms with Gasteiger partial charge in [0.15, 0.2) is 0 Å². The summed E-state index contributed by atoms with van der Waals surface area (Å²) >= 11 is 1.52. The molecule has 13 heteroatoms. The van der Waals surface area contributed by atoms with Gasteiger partial charge in [0, 0.05) is 17.4 Å². The highest BCUT2D eigenvalue weighted by molar-refractivity contribution is 7.08. The maximum Gasteiger partial charge on any atom is 0.408 e. The van der Waals surface area contributed by atoms with E-state index in [1.54, 1.807) is 20.8 Å². The molecule has 48 heavy (non-hydrogen) atoms. The van der Waals surface area contributed by atoms with Gasteiger partial charge in [-0.1, -0.05) is 44.2 Å². The number of para-hydroxylation sites is 2. The van der Waals surface area contributed by atoms with E-state index in [0.717, 1.165) is 31.2 Å². The molecule has 12 nitrogen and oxygen atoms in total. The molecule has 3 fully saturated rings. The SMILES string of the molecule is CC(C)(C)OC(=O)N[C@H]1CCCCCCCC2CC2(C(=O)O)NC(=O)[C@@H]2C[C@@H](Oc3nc4ccccc4nc3-c3ccsc3)CN2C1=O. The van der Waals surface area contributed by atoms with Crippen molar-refractivity contribution in [2.75, 3.05) is 6.54 Å². The zero-order chi connectivity index (χ0) is 34.1. The van der Waals surface area contributed by atoms with Crippen molar-refractivity contribution < 1.29 is 33.8 Å². The van der Waals surface area contributed by atoms with Gasteiger partial charge in [-0.3, -0.25) is 9.59 Å². The molecule has 0 spiro atoms. The van der Waals surface area contributed by atoms with Gasteiger partial charge in [0.2, 0.25) is 17.7 Å². The number of rotatable bonds is 5. The predicted octanol–water partition coefficient (Wildman–Crippen LogP) is 5.30. The van der Waals surface area contributed by atoms with E-state index in [4.69, 9.17) is 19.4 Å². The summed E-state index contributed by atoms with van der Waals surface area (Å²) < 4.78 is 12.0. The molecular weight excluding hydrogens is 634 g/mol. The lowest BCUT2D eigenvalue weighted by molar-refractivity contribution is -0.146. The molecule has 3 amide bonds. The van der Waals surface area contributed by atoms with E-state index in [-0.39, 0.29) is 24.8 Å². The summed E-state index contributed by atoms with van der Waals surface area (Å²) in [7, 11) is 0. The van der Waals surface area contributed by atoms with Crippen molar-refractivity contribution in [2.45, 2.75) is 108 Å². The number of carbonyl (C=O) groups excluding carboxylic acids is 3. The van der Waals surface area contributed by atoms with Gasteiger partial charge >= 0.3 is 12.1 Å². The Morgan fingerprint density at radius 1 is 1.04 bits per heavy atom. The van der Waals surface area contributed by atoms with Crippen LogP contribution in [-0.4, -0.2) is 79.7 Å². The van der Waals surface area contributed by atoms with Crippen molar-refractivity contribution in [2.24, 2.45) is 5.92 Å². The highest BCUT2D eigenvalue weighted by Gasteiger charge is 2.62. The number of nitrogens with one attached hydrogen (secondary N) is 2. The molecule has 2 aliphatic heterocycles. The number of alkyl carbamates (subject to hydrolysis) is 1. The van der Waals surface area contributed by atoms with Gasteiger partial charge < -0.3 is 30.1 Å². The molecule has 3 aliphatic rings. The average molecular weight is 678 g/mol. The standard InChI is InChI=1S/C35H43N5O7S/c1-34(2,3)47-33(45)38-26-14-8-6-4-5-7-11-22-18-35(22,32(43)44)39-29(41)27-17-23(19-40(27)31(26)42)46-30-28(21-15-16-48-20-21)36-24-12-9-10-13-25(24)37-30/h9-10,12-13,15-16,20,22-23,26-27H,4-8,11,14,17-19H2,1-3H3,(H,38,45)(H,39,41)(H,43,44)/t22?,23-,26+,27+,35?/m1/s1. The quantitative estimate of drug-likeness (QED) is 0.326. The van der Waals surface area contributed by atoms with Crippen LogP contribution in [0.5, 0.6) is 5.88 Å². The van der Waals surface area contributed by atoms with E-state index in [9.17, 15) is 24.3 Å². The number of amides is 3. The minimum absolute atomic E-state index is 0.0322. The number of thiophene rings is 1. The molecule has 2 aromatic heterocycles. The Morgan fingerprint density at radius 2 is 1.75 bits per heavy atom. The predicted molar refractivity (Wildman–Crippen MR) is 179 cm³/mol. The highest BCUT2D eigenvalue weighted by atomic mass is 32.1. The molecule has 3 N–H and O–H groups in total. The summed E-state index contributed by atoms with van der Waals surface area (Å²) in [4.78, 5) is 64.7. The number of carboxylic acids is 1. The van der Waals surface area contributed by atoms with Crippen LogP contribution in [0.15, 0.2) is 41.1 Å². The molecule has 6 rings (SSSR count). The Hall–Kier alpha value is -4.26. The number of carbonyl (C=O) groups is 4. The Bertz CT molecular complexity index is 1680. The van der Waals surface area contributed by atoms with Gasteiger partial charge in [0.25, 0.3) is 0 Å². The first-order valence-electron chi connectivity index (χ1n) is 16.7. The van der Waals surface area contributed by atoms with Crippen molar-refractivity contribution in [3.63, 3.8) is 0 Å². The second-order valence-electron chi connectivity index (χ2n) is 14.1. The lowest BCUT2D eigenvalue weighted by Gasteiger charge is -2.30. The number of nitrogens with zero attached hydrogens (tertiary/aromatic N) is 3. The topological polar surface area (TPSA) is 160 Å². The van der Waals surface area contributed by atoms with Crippen LogP contribution < -0.4 is 15.4 Å². The molecule has 1 aromatic carbocycles. The van der Waals surface area contributed by atoms with E-state index in [2.05, 4.69) is 10.6 Å². The number of carboxylic acid groups (broad SMARTS) is 1. The van der Waals surface area contributed by atoms with Crippen LogP contribution in [0.1, 0.15) is 78.6 Å². The fourth-order valence-electron chi connectivity index (χ4n) is 6.81. The Labute approximate surface area is 283 Å².